The molecular formula is C18H23F3N2O2. The second-order valence-electron chi connectivity index (χ2n) is 7.42. The van der Waals surface area contributed by atoms with Gasteiger partial charge in [0.15, 0.2) is 0 Å². The first kappa shape index (κ1) is 19.3. The summed E-state index contributed by atoms with van der Waals surface area (Å²) in [6.07, 6.45) is -3.91. The van der Waals surface area contributed by atoms with Crippen molar-refractivity contribution in [1.82, 2.24) is 4.90 Å². The van der Waals surface area contributed by atoms with Crippen molar-refractivity contribution >= 4 is 17.5 Å². The fourth-order valence-corrected chi connectivity index (χ4v) is 2.66. The van der Waals surface area contributed by atoms with E-state index in [1.165, 1.54) is 11.0 Å². The van der Waals surface area contributed by atoms with Crippen molar-refractivity contribution in [1.29, 1.82) is 0 Å². The first-order chi connectivity index (χ1) is 11.5. The summed E-state index contributed by atoms with van der Waals surface area (Å²) in [4.78, 5) is 25.8. The lowest BCUT2D eigenvalue weighted by Gasteiger charge is -2.33. The Hall–Kier alpha value is -2.05. The average Bonchev–Trinajstić information content (AvgIpc) is 2.53. The number of rotatable bonds is 2. The summed E-state index contributed by atoms with van der Waals surface area (Å²) in [7, 11) is 0. The Kier molecular flexibility index (Phi) is 5.44. The van der Waals surface area contributed by atoms with E-state index in [9.17, 15) is 22.8 Å². The zero-order valence-electron chi connectivity index (χ0n) is 14.6. The minimum atomic E-state index is -4.29. The Labute approximate surface area is 145 Å². The molecule has 2 rings (SSSR count). The molecule has 4 nitrogen and oxygen atoms in total. The summed E-state index contributed by atoms with van der Waals surface area (Å²) < 4.78 is 38.7. The molecule has 1 atom stereocenters. The zero-order valence-corrected chi connectivity index (χ0v) is 14.6. The lowest BCUT2D eigenvalue weighted by molar-refractivity contribution is -0.184. The van der Waals surface area contributed by atoms with E-state index in [4.69, 9.17) is 0 Å². The van der Waals surface area contributed by atoms with Crippen molar-refractivity contribution in [2.75, 3.05) is 18.4 Å². The molecule has 1 aliphatic heterocycles. The Morgan fingerprint density at radius 3 is 2.48 bits per heavy atom. The zero-order chi connectivity index (χ0) is 18.8. The highest BCUT2D eigenvalue weighted by Crippen LogP contribution is 2.33. The monoisotopic (exact) mass is 356 g/mol. The molecule has 1 unspecified atom stereocenters. The number of benzene rings is 1. The van der Waals surface area contributed by atoms with Gasteiger partial charge in [-0.05, 0) is 31.0 Å². The van der Waals surface area contributed by atoms with Gasteiger partial charge in [-0.25, -0.2) is 0 Å². The number of hydrogen-bond donors (Lipinski definition) is 1. The van der Waals surface area contributed by atoms with E-state index in [1.807, 2.05) is 0 Å². The highest BCUT2D eigenvalue weighted by Gasteiger charge is 2.42. The number of carbonyl (C=O) groups is 2. The van der Waals surface area contributed by atoms with Gasteiger partial charge in [-0.2, -0.15) is 13.2 Å². The summed E-state index contributed by atoms with van der Waals surface area (Å²) >= 11 is 0. The van der Waals surface area contributed by atoms with E-state index in [-0.39, 0.29) is 24.4 Å². The van der Waals surface area contributed by atoms with Gasteiger partial charge in [0.25, 0.3) is 5.91 Å². The third-order valence-corrected chi connectivity index (χ3v) is 4.22. The number of nitrogens with zero attached hydrogens (tertiary/aromatic N) is 1. The second-order valence-corrected chi connectivity index (χ2v) is 7.42. The molecule has 0 spiro atoms. The van der Waals surface area contributed by atoms with Gasteiger partial charge in [0.05, 0.1) is 5.92 Å². The maximum atomic E-state index is 12.9. The molecule has 25 heavy (non-hydrogen) atoms. The van der Waals surface area contributed by atoms with Crippen molar-refractivity contribution < 1.29 is 22.8 Å². The minimum Gasteiger partial charge on any atom is -0.338 e. The number of piperidine rings is 1. The fraction of sp³-hybridized carbons (Fsp3) is 0.556. The predicted octanol–water partition coefficient (Wildman–Crippen LogP) is 4.09. The molecule has 0 bridgehead atoms. The SMILES string of the molecule is CC(C)(C)C(=O)Nc1cccc(C(=O)N2CCCC(C(F)(F)F)C2)c1. The largest absolute Gasteiger partial charge is 0.393 e. The van der Waals surface area contributed by atoms with Gasteiger partial charge in [0.2, 0.25) is 5.91 Å². The number of halogens is 3. The first-order valence-electron chi connectivity index (χ1n) is 8.26. The molecule has 1 heterocycles. The number of amides is 2. The quantitative estimate of drug-likeness (QED) is 0.868. The molecule has 0 aliphatic carbocycles. The van der Waals surface area contributed by atoms with Crippen LogP contribution in [0.4, 0.5) is 18.9 Å². The minimum absolute atomic E-state index is 0.0506. The molecular weight excluding hydrogens is 333 g/mol. The van der Waals surface area contributed by atoms with Crippen LogP contribution in [-0.4, -0.2) is 36.0 Å². The molecule has 0 radical (unpaired) electrons. The maximum Gasteiger partial charge on any atom is 0.393 e. The highest BCUT2D eigenvalue weighted by atomic mass is 19.4. The molecule has 138 valence electrons. The number of hydrogen-bond acceptors (Lipinski definition) is 2. The van der Waals surface area contributed by atoms with Crippen LogP contribution in [0.3, 0.4) is 0 Å². The van der Waals surface area contributed by atoms with Gasteiger partial charge in [-0.3, -0.25) is 9.59 Å². The molecule has 7 heteroatoms. The van der Waals surface area contributed by atoms with Crippen LogP contribution in [0.5, 0.6) is 0 Å². The first-order valence-corrected chi connectivity index (χ1v) is 8.26. The molecule has 1 aliphatic rings. The number of nitrogens with one attached hydrogen (secondary N) is 1. The van der Waals surface area contributed by atoms with E-state index in [1.54, 1.807) is 39.0 Å². The van der Waals surface area contributed by atoms with Gasteiger partial charge < -0.3 is 10.2 Å². The van der Waals surface area contributed by atoms with Crippen molar-refractivity contribution in [3.05, 3.63) is 29.8 Å². The lowest BCUT2D eigenvalue weighted by Crippen LogP contribution is -2.44. The molecule has 1 N–H and O–H groups in total. The molecule has 0 saturated carbocycles. The van der Waals surface area contributed by atoms with Crippen LogP contribution in [0.2, 0.25) is 0 Å². The van der Waals surface area contributed by atoms with Crippen molar-refractivity contribution in [2.45, 2.75) is 39.8 Å². The van der Waals surface area contributed by atoms with E-state index in [0.29, 0.717) is 18.7 Å². The van der Waals surface area contributed by atoms with Gasteiger partial charge in [-0.15, -0.1) is 0 Å². The van der Waals surface area contributed by atoms with Crippen LogP contribution < -0.4 is 5.32 Å². The molecule has 1 saturated heterocycles. The Bertz CT molecular complexity index is 650. The number of carbonyl (C=O) groups excluding carboxylic acids is 2. The van der Waals surface area contributed by atoms with E-state index < -0.39 is 23.4 Å². The van der Waals surface area contributed by atoms with Crippen LogP contribution in [-0.2, 0) is 4.79 Å². The Balaban J connectivity index is 2.12. The molecule has 0 aromatic heterocycles. The standard InChI is InChI=1S/C18H23F3N2O2/c1-17(2,3)16(25)22-14-8-4-6-12(10-14)15(24)23-9-5-7-13(11-23)18(19,20)21/h4,6,8,10,13H,5,7,9,11H2,1-3H3,(H,22,25). The summed E-state index contributed by atoms with van der Waals surface area (Å²) in [6.45, 7) is 5.29. The summed E-state index contributed by atoms with van der Waals surface area (Å²) in [5.74, 6) is -2.12. The third kappa shape index (κ3) is 4.96. The predicted molar refractivity (Wildman–Crippen MR) is 89.2 cm³/mol. The van der Waals surface area contributed by atoms with Crippen molar-refractivity contribution in [3.63, 3.8) is 0 Å². The summed E-state index contributed by atoms with van der Waals surface area (Å²) in [5.41, 5.74) is 0.136. The van der Waals surface area contributed by atoms with E-state index >= 15 is 0 Å². The Morgan fingerprint density at radius 2 is 1.88 bits per heavy atom. The number of alkyl halides is 3. The van der Waals surface area contributed by atoms with Crippen molar-refractivity contribution in [3.8, 4) is 0 Å². The van der Waals surface area contributed by atoms with Crippen LogP contribution in [0.25, 0.3) is 0 Å². The third-order valence-electron chi connectivity index (χ3n) is 4.22. The van der Waals surface area contributed by atoms with Crippen LogP contribution in [0.15, 0.2) is 24.3 Å². The second kappa shape index (κ2) is 7.06. The maximum absolute atomic E-state index is 12.9. The van der Waals surface area contributed by atoms with Gasteiger partial charge >= 0.3 is 6.18 Å². The average molecular weight is 356 g/mol. The van der Waals surface area contributed by atoms with Crippen LogP contribution in [0, 0.1) is 11.3 Å². The lowest BCUT2D eigenvalue weighted by atomic mass is 9.95. The summed E-state index contributed by atoms with van der Waals surface area (Å²) in [6, 6.07) is 6.31. The van der Waals surface area contributed by atoms with Gasteiger partial charge in [0.1, 0.15) is 0 Å². The summed E-state index contributed by atoms with van der Waals surface area (Å²) in [5, 5.41) is 2.72. The van der Waals surface area contributed by atoms with Crippen LogP contribution >= 0.6 is 0 Å². The fourth-order valence-electron chi connectivity index (χ4n) is 2.66. The van der Waals surface area contributed by atoms with E-state index in [0.717, 1.165) is 0 Å². The van der Waals surface area contributed by atoms with Crippen molar-refractivity contribution in [2.24, 2.45) is 11.3 Å². The Morgan fingerprint density at radius 1 is 1.20 bits per heavy atom. The van der Waals surface area contributed by atoms with Gasteiger partial charge in [-0.1, -0.05) is 26.8 Å². The molecule has 2 amide bonds. The highest BCUT2D eigenvalue weighted by molar-refractivity contribution is 5.98. The smallest absolute Gasteiger partial charge is 0.338 e. The van der Waals surface area contributed by atoms with Gasteiger partial charge in [0, 0.05) is 29.8 Å². The molecule has 1 fully saturated rings. The topological polar surface area (TPSA) is 49.4 Å². The number of anilines is 1. The number of likely N-dealkylation sites (tertiary alicyclic amines) is 1. The van der Waals surface area contributed by atoms with E-state index in [2.05, 4.69) is 5.32 Å². The van der Waals surface area contributed by atoms with Crippen LogP contribution in [0.1, 0.15) is 44.0 Å². The molecule has 1 aromatic carbocycles. The normalized spacial score (nSPS) is 18.8. The molecule has 1 aromatic rings.